The van der Waals surface area contributed by atoms with Gasteiger partial charge >= 0.3 is 11.9 Å². The number of nitrogens with zero attached hydrogens (tertiary/aromatic N) is 1. The van der Waals surface area contributed by atoms with Crippen LogP contribution in [0.4, 0.5) is 0 Å². The first-order chi connectivity index (χ1) is 9.49. The van der Waals surface area contributed by atoms with Gasteiger partial charge in [0.15, 0.2) is 11.4 Å². The van der Waals surface area contributed by atoms with E-state index < -0.39 is 11.9 Å². The maximum Gasteiger partial charge on any atom is 0.358 e. The van der Waals surface area contributed by atoms with Crippen molar-refractivity contribution in [3.05, 3.63) is 23.9 Å². The highest BCUT2D eigenvalue weighted by Crippen LogP contribution is 2.35. The lowest BCUT2D eigenvalue weighted by Crippen LogP contribution is -2.11. The van der Waals surface area contributed by atoms with Crippen molar-refractivity contribution in [3.63, 3.8) is 0 Å². The maximum absolute atomic E-state index is 11.9. The summed E-state index contributed by atoms with van der Waals surface area (Å²) < 4.78 is 16.7. The first-order valence-electron chi connectivity index (χ1n) is 5.92. The number of methoxy groups -OCH3 is 2. The number of aryl methyl sites for hydroxylation is 1. The van der Waals surface area contributed by atoms with Crippen molar-refractivity contribution in [2.75, 3.05) is 14.2 Å². The molecule has 1 heterocycles. The van der Waals surface area contributed by atoms with Crippen molar-refractivity contribution in [2.24, 2.45) is 7.05 Å². The van der Waals surface area contributed by atoms with E-state index in [-0.39, 0.29) is 11.4 Å². The zero-order valence-electron chi connectivity index (χ0n) is 11.7. The highest BCUT2D eigenvalue weighted by molar-refractivity contribution is 6.03. The number of ether oxygens (including phenoxy) is 3. The van der Waals surface area contributed by atoms with E-state index in [1.165, 1.54) is 14.0 Å². The van der Waals surface area contributed by atoms with E-state index in [0.29, 0.717) is 16.7 Å². The molecule has 0 bridgehead atoms. The molecule has 0 aliphatic rings. The SMILES string of the molecule is COC(=O)c1c(OC(C)=O)c2ccc(OC)cc2n1C. The summed E-state index contributed by atoms with van der Waals surface area (Å²) in [6.07, 6.45) is 0. The van der Waals surface area contributed by atoms with Gasteiger partial charge in [-0.05, 0) is 12.1 Å². The Labute approximate surface area is 115 Å². The minimum absolute atomic E-state index is 0.186. The van der Waals surface area contributed by atoms with E-state index in [4.69, 9.17) is 14.2 Å². The number of rotatable bonds is 3. The molecule has 0 spiro atoms. The summed E-state index contributed by atoms with van der Waals surface area (Å²) in [6.45, 7) is 1.28. The minimum atomic E-state index is -0.570. The van der Waals surface area contributed by atoms with E-state index >= 15 is 0 Å². The third-order valence-corrected chi connectivity index (χ3v) is 2.99. The molecule has 0 N–H and O–H groups in total. The molecule has 20 heavy (non-hydrogen) atoms. The predicted molar refractivity (Wildman–Crippen MR) is 72.1 cm³/mol. The molecule has 2 aromatic rings. The fraction of sp³-hybridized carbons (Fsp3) is 0.286. The topological polar surface area (TPSA) is 66.8 Å². The minimum Gasteiger partial charge on any atom is -0.497 e. The van der Waals surface area contributed by atoms with Gasteiger partial charge in [-0.2, -0.15) is 0 Å². The molecule has 106 valence electrons. The van der Waals surface area contributed by atoms with Gasteiger partial charge in [0.05, 0.1) is 19.7 Å². The third-order valence-electron chi connectivity index (χ3n) is 2.99. The van der Waals surface area contributed by atoms with Crippen LogP contribution >= 0.6 is 0 Å². The molecule has 6 nitrogen and oxygen atoms in total. The maximum atomic E-state index is 11.9. The van der Waals surface area contributed by atoms with Gasteiger partial charge in [-0.25, -0.2) is 4.79 Å². The van der Waals surface area contributed by atoms with Crippen LogP contribution in [0.2, 0.25) is 0 Å². The van der Waals surface area contributed by atoms with Crippen LogP contribution in [-0.2, 0) is 16.6 Å². The predicted octanol–water partition coefficient (Wildman–Crippen LogP) is 1.90. The quantitative estimate of drug-likeness (QED) is 0.802. The summed E-state index contributed by atoms with van der Waals surface area (Å²) in [6, 6.07) is 5.23. The Bertz CT molecular complexity index is 686. The Kier molecular flexibility index (Phi) is 3.65. The van der Waals surface area contributed by atoms with E-state index in [2.05, 4.69) is 0 Å². The van der Waals surface area contributed by atoms with Gasteiger partial charge in [-0.3, -0.25) is 4.79 Å². The monoisotopic (exact) mass is 277 g/mol. The Morgan fingerprint density at radius 3 is 2.45 bits per heavy atom. The van der Waals surface area contributed by atoms with Crippen LogP contribution in [0.15, 0.2) is 18.2 Å². The molecule has 0 radical (unpaired) electrons. The molecule has 1 aromatic heterocycles. The van der Waals surface area contributed by atoms with Crippen LogP contribution in [0, 0.1) is 0 Å². The molecule has 0 amide bonds. The van der Waals surface area contributed by atoms with Crippen molar-refractivity contribution in [3.8, 4) is 11.5 Å². The molecule has 0 aliphatic heterocycles. The molecule has 0 saturated heterocycles. The third kappa shape index (κ3) is 2.20. The molecule has 0 aliphatic carbocycles. The summed E-state index contributed by atoms with van der Waals surface area (Å²) in [7, 11) is 4.53. The summed E-state index contributed by atoms with van der Waals surface area (Å²) >= 11 is 0. The number of aromatic nitrogens is 1. The van der Waals surface area contributed by atoms with Gasteiger partial charge in [-0.15, -0.1) is 0 Å². The summed E-state index contributed by atoms with van der Waals surface area (Å²) in [5.41, 5.74) is 0.895. The summed E-state index contributed by atoms with van der Waals surface area (Å²) in [5, 5.41) is 0.643. The highest BCUT2D eigenvalue weighted by Gasteiger charge is 2.24. The van der Waals surface area contributed by atoms with Gasteiger partial charge in [0, 0.05) is 25.4 Å². The average molecular weight is 277 g/mol. The molecule has 6 heteroatoms. The molecule has 1 aromatic carbocycles. The second-order valence-electron chi connectivity index (χ2n) is 4.21. The highest BCUT2D eigenvalue weighted by atomic mass is 16.5. The van der Waals surface area contributed by atoms with E-state index in [1.54, 1.807) is 36.9 Å². The van der Waals surface area contributed by atoms with Crippen LogP contribution in [0.5, 0.6) is 11.5 Å². The zero-order valence-corrected chi connectivity index (χ0v) is 11.7. The zero-order chi connectivity index (χ0) is 14.9. The lowest BCUT2D eigenvalue weighted by atomic mass is 10.2. The van der Waals surface area contributed by atoms with Gasteiger partial charge in [0.2, 0.25) is 0 Å². The van der Waals surface area contributed by atoms with E-state index in [9.17, 15) is 9.59 Å². The van der Waals surface area contributed by atoms with Crippen molar-refractivity contribution in [1.82, 2.24) is 4.57 Å². The van der Waals surface area contributed by atoms with Crippen LogP contribution in [0.3, 0.4) is 0 Å². The number of carbonyl (C=O) groups excluding carboxylic acids is 2. The van der Waals surface area contributed by atoms with Crippen LogP contribution < -0.4 is 9.47 Å². The molecule has 0 atom stereocenters. The van der Waals surface area contributed by atoms with E-state index in [0.717, 1.165) is 0 Å². The number of esters is 2. The first-order valence-corrected chi connectivity index (χ1v) is 5.92. The molecule has 0 saturated carbocycles. The van der Waals surface area contributed by atoms with Crippen molar-refractivity contribution >= 4 is 22.8 Å². The summed E-state index contributed by atoms with van der Waals surface area (Å²) in [4.78, 5) is 23.1. The second-order valence-corrected chi connectivity index (χ2v) is 4.21. The number of carbonyl (C=O) groups is 2. The largest absolute Gasteiger partial charge is 0.497 e. The molecule has 0 unspecified atom stereocenters. The van der Waals surface area contributed by atoms with Crippen molar-refractivity contribution < 1.29 is 23.8 Å². The normalized spacial score (nSPS) is 10.4. The fourth-order valence-corrected chi connectivity index (χ4v) is 2.08. The molecular formula is C14H15NO5. The Morgan fingerprint density at radius 2 is 1.90 bits per heavy atom. The molecular weight excluding hydrogens is 262 g/mol. The van der Waals surface area contributed by atoms with Crippen LogP contribution in [0.25, 0.3) is 10.9 Å². The standard InChI is InChI=1S/C14H15NO5/c1-8(16)20-13-10-6-5-9(18-3)7-11(10)15(2)12(13)14(17)19-4/h5-7H,1-4H3. The van der Waals surface area contributed by atoms with Gasteiger partial charge in [0.25, 0.3) is 0 Å². The number of benzene rings is 1. The number of fused-ring (bicyclic) bond motifs is 1. The van der Waals surface area contributed by atoms with Crippen LogP contribution in [0.1, 0.15) is 17.4 Å². The van der Waals surface area contributed by atoms with E-state index in [1.807, 2.05) is 0 Å². The Balaban J connectivity index is 2.77. The van der Waals surface area contributed by atoms with Crippen molar-refractivity contribution in [1.29, 1.82) is 0 Å². The smallest absolute Gasteiger partial charge is 0.358 e. The lowest BCUT2D eigenvalue weighted by molar-refractivity contribution is -0.131. The lowest BCUT2D eigenvalue weighted by Gasteiger charge is -2.04. The fourth-order valence-electron chi connectivity index (χ4n) is 2.08. The number of hydrogen-bond acceptors (Lipinski definition) is 5. The Morgan fingerprint density at radius 1 is 1.20 bits per heavy atom. The Hall–Kier alpha value is -2.50. The van der Waals surface area contributed by atoms with Crippen LogP contribution in [-0.4, -0.2) is 30.7 Å². The second kappa shape index (κ2) is 5.24. The molecule has 0 fully saturated rings. The molecule has 2 rings (SSSR count). The number of hydrogen-bond donors (Lipinski definition) is 0. The van der Waals surface area contributed by atoms with Crippen molar-refractivity contribution in [2.45, 2.75) is 6.92 Å². The summed E-state index contributed by atoms with van der Waals surface area (Å²) in [5.74, 6) is -0.231. The van der Waals surface area contributed by atoms with Gasteiger partial charge < -0.3 is 18.8 Å². The first kappa shape index (κ1) is 13.9. The van der Waals surface area contributed by atoms with Gasteiger partial charge in [0.1, 0.15) is 5.75 Å². The van der Waals surface area contributed by atoms with Gasteiger partial charge in [-0.1, -0.05) is 0 Å². The average Bonchev–Trinajstić information content (AvgIpc) is 2.70.